The highest BCUT2D eigenvalue weighted by Gasteiger charge is 2.35. The zero-order chi connectivity index (χ0) is 15.5. The largest absolute Gasteiger partial charge is 0.466 e. The average Bonchev–Trinajstić information content (AvgIpc) is 2.30. The van der Waals surface area contributed by atoms with Crippen LogP contribution in [0.15, 0.2) is 6.07 Å². The molecule has 0 unspecified atom stereocenters. The molecule has 1 heterocycles. The summed E-state index contributed by atoms with van der Waals surface area (Å²) in [5, 5.41) is 0. The van der Waals surface area contributed by atoms with Gasteiger partial charge in [0.2, 0.25) is 0 Å². The van der Waals surface area contributed by atoms with E-state index in [4.69, 9.17) is 0 Å². The molecule has 0 fully saturated rings. The number of hydrogen-bond donors (Lipinski definition) is 0. The molecule has 0 aliphatic carbocycles. The molecule has 0 aliphatic rings. The van der Waals surface area contributed by atoms with Crippen LogP contribution in [-0.2, 0) is 22.1 Å². The van der Waals surface area contributed by atoms with E-state index in [0.29, 0.717) is 0 Å². The molecule has 9 heteroatoms. The van der Waals surface area contributed by atoms with E-state index in [1.54, 1.807) is 0 Å². The predicted octanol–water partition coefficient (Wildman–Crippen LogP) is 3.28. The van der Waals surface area contributed by atoms with Crippen molar-refractivity contribution < 1.29 is 35.9 Å². The van der Waals surface area contributed by atoms with Crippen LogP contribution in [-0.4, -0.2) is 17.6 Å². The van der Waals surface area contributed by atoms with Crippen molar-refractivity contribution >= 4 is 5.97 Å². The van der Waals surface area contributed by atoms with Crippen LogP contribution in [0.3, 0.4) is 0 Å². The smallest absolute Gasteiger partial charge is 0.433 e. The number of aromatic nitrogens is 1. The number of esters is 1. The van der Waals surface area contributed by atoms with Gasteiger partial charge in [0, 0.05) is 0 Å². The highest BCUT2D eigenvalue weighted by atomic mass is 19.4. The molecule has 112 valence electrons. The molecule has 0 aliphatic heterocycles. The molecule has 1 aromatic rings. The van der Waals surface area contributed by atoms with Gasteiger partial charge in [-0.05, 0) is 13.0 Å². The molecule has 1 rings (SSSR count). The normalized spacial score (nSPS) is 11.8. The Labute approximate surface area is 109 Å². The Balaban J connectivity index is 3.28. The van der Waals surface area contributed by atoms with Crippen LogP contribution in [0.1, 0.15) is 30.3 Å². The van der Waals surface area contributed by atoms with Gasteiger partial charge in [0.25, 0.3) is 6.43 Å². The van der Waals surface area contributed by atoms with Crippen molar-refractivity contribution in [2.24, 2.45) is 0 Å². The van der Waals surface area contributed by atoms with Gasteiger partial charge in [-0.1, -0.05) is 0 Å². The SMILES string of the molecule is CCOC(=O)Cc1nc(C(F)(F)F)cc(C(F)F)c1F. The van der Waals surface area contributed by atoms with Crippen LogP contribution in [0.5, 0.6) is 0 Å². The second-order valence-electron chi connectivity index (χ2n) is 3.64. The summed E-state index contributed by atoms with van der Waals surface area (Å²) in [6.45, 7) is 1.35. The van der Waals surface area contributed by atoms with Crippen molar-refractivity contribution in [2.75, 3.05) is 6.61 Å². The number of carbonyl (C=O) groups excluding carboxylic acids is 1. The van der Waals surface area contributed by atoms with E-state index >= 15 is 0 Å². The number of rotatable bonds is 4. The first-order chi connectivity index (χ1) is 9.16. The summed E-state index contributed by atoms with van der Waals surface area (Å²) in [4.78, 5) is 14.0. The molecule has 3 nitrogen and oxygen atoms in total. The Morgan fingerprint density at radius 1 is 1.40 bits per heavy atom. The summed E-state index contributed by atoms with van der Waals surface area (Å²) in [7, 11) is 0. The van der Waals surface area contributed by atoms with E-state index in [9.17, 15) is 31.1 Å². The second kappa shape index (κ2) is 6.10. The molecule has 1 aromatic heterocycles. The lowest BCUT2D eigenvalue weighted by Crippen LogP contribution is -2.16. The number of halogens is 6. The quantitative estimate of drug-likeness (QED) is 0.633. The van der Waals surface area contributed by atoms with Gasteiger partial charge in [-0.3, -0.25) is 4.79 Å². The minimum Gasteiger partial charge on any atom is -0.466 e. The summed E-state index contributed by atoms with van der Waals surface area (Å²) < 4.78 is 80.5. The van der Waals surface area contributed by atoms with E-state index in [1.807, 2.05) is 0 Å². The highest BCUT2D eigenvalue weighted by Crippen LogP contribution is 2.32. The Bertz CT molecular complexity index is 500. The standard InChI is InChI=1S/C11H9F6NO2/c1-2-20-8(19)4-6-9(12)5(10(13)14)3-7(18-6)11(15,16)17/h3,10H,2,4H2,1H3. The van der Waals surface area contributed by atoms with Gasteiger partial charge in [-0.15, -0.1) is 0 Å². The zero-order valence-electron chi connectivity index (χ0n) is 10.1. The molecule has 0 spiro atoms. The van der Waals surface area contributed by atoms with E-state index in [0.717, 1.165) is 0 Å². The maximum atomic E-state index is 13.6. The summed E-state index contributed by atoms with van der Waals surface area (Å²) in [6.07, 6.45) is -9.44. The Morgan fingerprint density at radius 2 is 2.00 bits per heavy atom. The van der Waals surface area contributed by atoms with Crippen molar-refractivity contribution in [3.63, 3.8) is 0 Å². The third-order valence-corrected chi connectivity index (χ3v) is 2.20. The summed E-state index contributed by atoms with van der Waals surface area (Å²) in [5.74, 6) is -2.69. The van der Waals surface area contributed by atoms with Crippen molar-refractivity contribution in [1.82, 2.24) is 4.98 Å². The summed E-state index contributed by atoms with van der Waals surface area (Å²) in [6, 6.07) is -0.0747. The first kappa shape index (κ1) is 16.3. The van der Waals surface area contributed by atoms with Crippen LogP contribution < -0.4 is 0 Å². The molecule has 0 aromatic carbocycles. The van der Waals surface area contributed by atoms with Gasteiger partial charge in [-0.25, -0.2) is 18.2 Å². The van der Waals surface area contributed by atoms with E-state index in [2.05, 4.69) is 9.72 Å². The third-order valence-electron chi connectivity index (χ3n) is 2.20. The molecule has 0 radical (unpaired) electrons. The van der Waals surface area contributed by atoms with Gasteiger partial charge in [0.15, 0.2) is 5.82 Å². The predicted molar refractivity (Wildman–Crippen MR) is 54.5 cm³/mol. The maximum Gasteiger partial charge on any atom is 0.433 e. The lowest BCUT2D eigenvalue weighted by atomic mass is 10.1. The van der Waals surface area contributed by atoms with Gasteiger partial charge in [0.05, 0.1) is 24.3 Å². The first-order valence-electron chi connectivity index (χ1n) is 5.37. The van der Waals surface area contributed by atoms with E-state index in [1.165, 1.54) is 6.92 Å². The number of pyridine rings is 1. The fraction of sp³-hybridized carbons (Fsp3) is 0.455. The van der Waals surface area contributed by atoms with Gasteiger partial charge in [0.1, 0.15) is 5.69 Å². The minimum absolute atomic E-state index is 0.0747. The average molecular weight is 301 g/mol. The minimum atomic E-state index is -5.03. The first-order valence-corrected chi connectivity index (χ1v) is 5.37. The van der Waals surface area contributed by atoms with Crippen LogP contribution >= 0.6 is 0 Å². The summed E-state index contributed by atoms with van der Waals surface area (Å²) >= 11 is 0. The molecular weight excluding hydrogens is 292 g/mol. The van der Waals surface area contributed by atoms with E-state index in [-0.39, 0.29) is 12.7 Å². The molecule has 0 amide bonds. The lowest BCUT2D eigenvalue weighted by Gasteiger charge is -2.12. The topological polar surface area (TPSA) is 39.2 Å². The third kappa shape index (κ3) is 3.84. The molecule has 0 atom stereocenters. The Morgan fingerprint density at radius 3 is 2.45 bits per heavy atom. The molecule has 20 heavy (non-hydrogen) atoms. The van der Waals surface area contributed by atoms with Gasteiger partial charge >= 0.3 is 12.1 Å². The van der Waals surface area contributed by atoms with Crippen LogP contribution in [0.4, 0.5) is 26.3 Å². The fourth-order valence-electron chi connectivity index (χ4n) is 1.37. The maximum absolute atomic E-state index is 13.6. The summed E-state index contributed by atoms with van der Waals surface area (Å²) in [5.41, 5.74) is -4.16. The lowest BCUT2D eigenvalue weighted by molar-refractivity contribution is -0.144. The van der Waals surface area contributed by atoms with Crippen molar-refractivity contribution in [3.8, 4) is 0 Å². The number of hydrogen-bond acceptors (Lipinski definition) is 3. The second-order valence-corrected chi connectivity index (χ2v) is 3.64. The van der Waals surface area contributed by atoms with Crippen molar-refractivity contribution in [3.05, 3.63) is 28.8 Å². The number of nitrogens with zero attached hydrogens (tertiary/aromatic N) is 1. The van der Waals surface area contributed by atoms with Crippen molar-refractivity contribution in [2.45, 2.75) is 25.9 Å². The number of alkyl halides is 5. The van der Waals surface area contributed by atoms with Crippen LogP contribution in [0.2, 0.25) is 0 Å². The van der Waals surface area contributed by atoms with Crippen LogP contribution in [0, 0.1) is 5.82 Å². The van der Waals surface area contributed by atoms with Crippen LogP contribution in [0.25, 0.3) is 0 Å². The fourth-order valence-corrected chi connectivity index (χ4v) is 1.37. The van der Waals surface area contributed by atoms with Gasteiger partial charge < -0.3 is 4.74 Å². The molecular formula is C11H9F6NO2. The zero-order valence-corrected chi connectivity index (χ0v) is 10.1. The molecule has 0 bridgehead atoms. The number of carbonyl (C=O) groups is 1. The molecule has 0 N–H and O–H groups in total. The van der Waals surface area contributed by atoms with Gasteiger partial charge in [-0.2, -0.15) is 13.2 Å². The molecule has 0 saturated heterocycles. The molecule has 0 saturated carbocycles. The Kier molecular flexibility index (Phi) is 4.96. The van der Waals surface area contributed by atoms with Crippen molar-refractivity contribution in [1.29, 1.82) is 0 Å². The highest BCUT2D eigenvalue weighted by molar-refractivity contribution is 5.72. The van der Waals surface area contributed by atoms with E-state index < -0.39 is 47.8 Å². The Hall–Kier alpha value is -1.80. The monoisotopic (exact) mass is 301 g/mol. The number of ether oxygens (including phenoxy) is 1.